The van der Waals surface area contributed by atoms with E-state index in [4.69, 9.17) is 4.84 Å². The molecule has 0 N–H and O–H groups in total. The first kappa shape index (κ1) is 11.0. The fourth-order valence-corrected chi connectivity index (χ4v) is 2.25. The maximum atomic E-state index is 5.43. The van der Waals surface area contributed by atoms with Crippen LogP contribution in [0.3, 0.4) is 0 Å². The number of oxime groups is 1. The summed E-state index contributed by atoms with van der Waals surface area (Å²) in [6.45, 7) is 3.97. The molecule has 2 heteroatoms. The van der Waals surface area contributed by atoms with Crippen molar-refractivity contribution in [3.63, 3.8) is 0 Å². The minimum Gasteiger partial charge on any atom is -0.393 e. The molecule has 18 heavy (non-hydrogen) atoms. The average molecular weight is 237 g/mol. The number of benzene rings is 2. The van der Waals surface area contributed by atoms with Crippen LogP contribution in [0.5, 0.6) is 0 Å². The average Bonchev–Trinajstić information content (AvgIpc) is 2.71. The second-order valence-electron chi connectivity index (χ2n) is 4.69. The van der Waals surface area contributed by atoms with Crippen molar-refractivity contribution < 1.29 is 4.84 Å². The maximum absolute atomic E-state index is 5.43. The summed E-state index contributed by atoms with van der Waals surface area (Å²) in [5.41, 5.74) is 5.71. The zero-order valence-corrected chi connectivity index (χ0v) is 10.6. The highest BCUT2D eigenvalue weighted by Gasteiger charge is 2.24. The van der Waals surface area contributed by atoms with Crippen molar-refractivity contribution in [3.05, 3.63) is 59.7 Å². The van der Waals surface area contributed by atoms with Gasteiger partial charge in [-0.3, -0.25) is 0 Å². The molecular weight excluding hydrogens is 222 g/mol. The zero-order chi connectivity index (χ0) is 12.5. The molecule has 1 aliphatic rings. The first-order chi connectivity index (χ1) is 8.77. The van der Waals surface area contributed by atoms with E-state index in [-0.39, 0.29) is 6.10 Å². The molecule has 1 aliphatic carbocycles. The summed E-state index contributed by atoms with van der Waals surface area (Å²) in [4.78, 5) is 5.43. The zero-order valence-electron chi connectivity index (χ0n) is 10.6. The molecule has 0 bridgehead atoms. The summed E-state index contributed by atoms with van der Waals surface area (Å²) >= 11 is 0. The number of nitrogens with zero attached hydrogens (tertiary/aromatic N) is 1. The third-order valence-electron chi connectivity index (χ3n) is 3.01. The predicted molar refractivity (Wildman–Crippen MR) is 73.7 cm³/mol. The normalized spacial score (nSPS) is 12.3. The SMILES string of the molecule is CC(C)ON=C1c2ccccc2-c2ccccc21. The number of fused-ring (bicyclic) bond motifs is 3. The Kier molecular flexibility index (Phi) is 2.63. The molecule has 90 valence electrons. The van der Waals surface area contributed by atoms with E-state index in [1.54, 1.807) is 0 Å². The minimum atomic E-state index is 0.0948. The van der Waals surface area contributed by atoms with Gasteiger partial charge in [-0.05, 0) is 25.0 Å². The first-order valence-electron chi connectivity index (χ1n) is 6.20. The Morgan fingerprint density at radius 3 is 1.67 bits per heavy atom. The Labute approximate surface area is 107 Å². The lowest BCUT2D eigenvalue weighted by molar-refractivity contribution is 0.0863. The summed E-state index contributed by atoms with van der Waals surface area (Å²) in [7, 11) is 0. The fraction of sp³-hybridized carbons (Fsp3) is 0.188. The molecule has 0 amide bonds. The molecule has 0 atom stereocenters. The number of hydrogen-bond acceptors (Lipinski definition) is 2. The van der Waals surface area contributed by atoms with Crippen LogP contribution in [-0.4, -0.2) is 11.8 Å². The van der Waals surface area contributed by atoms with Crippen molar-refractivity contribution in [2.24, 2.45) is 5.16 Å². The van der Waals surface area contributed by atoms with Crippen LogP contribution in [0.4, 0.5) is 0 Å². The van der Waals surface area contributed by atoms with Crippen molar-refractivity contribution in [1.29, 1.82) is 0 Å². The Bertz CT molecular complexity index is 566. The van der Waals surface area contributed by atoms with E-state index in [0.717, 1.165) is 16.8 Å². The Balaban J connectivity index is 2.18. The molecule has 2 nitrogen and oxygen atoms in total. The molecule has 0 spiro atoms. The lowest BCUT2D eigenvalue weighted by atomic mass is 10.1. The van der Waals surface area contributed by atoms with Gasteiger partial charge in [-0.25, -0.2) is 0 Å². The summed E-state index contributed by atoms with van der Waals surface area (Å²) in [6.07, 6.45) is 0.0948. The van der Waals surface area contributed by atoms with Gasteiger partial charge in [0.15, 0.2) is 0 Å². The van der Waals surface area contributed by atoms with Crippen molar-refractivity contribution in [3.8, 4) is 11.1 Å². The Hall–Kier alpha value is -2.09. The van der Waals surface area contributed by atoms with E-state index in [1.165, 1.54) is 11.1 Å². The number of rotatable bonds is 2. The highest BCUT2D eigenvalue weighted by Crippen LogP contribution is 2.36. The molecule has 0 aromatic heterocycles. The molecule has 2 aromatic rings. The van der Waals surface area contributed by atoms with Gasteiger partial charge in [-0.15, -0.1) is 0 Å². The summed E-state index contributed by atoms with van der Waals surface area (Å²) in [5.74, 6) is 0. The first-order valence-corrected chi connectivity index (χ1v) is 6.20. The van der Waals surface area contributed by atoms with Gasteiger partial charge in [-0.1, -0.05) is 53.7 Å². The third kappa shape index (κ3) is 1.70. The second-order valence-corrected chi connectivity index (χ2v) is 4.69. The van der Waals surface area contributed by atoms with Gasteiger partial charge in [0.05, 0.1) is 0 Å². The predicted octanol–water partition coefficient (Wildman–Crippen LogP) is 3.84. The lowest BCUT2D eigenvalue weighted by Gasteiger charge is -2.05. The molecule has 0 fully saturated rings. The van der Waals surface area contributed by atoms with Crippen LogP contribution in [-0.2, 0) is 4.84 Å². The molecular formula is C16H15NO. The largest absolute Gasteiger partial charge is 0.393 e. The van der Waals surface area contributed by atoms with E-state index in [1.807, 2.05) is 26.0 Å². The fourth-order valence-electron chi connectivity index (χ4n) is 2.25. The monoisotopic (exact) mass is 237 g/mol. The van der Waals surface area contributed by atoms with Crippen molar-refractivity contribution in [2.45, 2.75) is 20.0 Å². The highest BCUT2D eigenvalue weighted by molar-refractivity contribution is 6.24. The van der Waals surface area contributed by atoms with E-state index in [2.05, 4.69) is 41.6 Å². The third-order valence-corrected chi connectivity index (χ3v) is 3.01. The van der Waals surface area contributed by atoms with Crippen LogP contribution < -0.4 is 0 Å². The standard InChI is InChI=1S/C16H15NO/c1-11(2)18-17-16-14-9-5-3-7-12(14)13-8-4-6-10-15(13)16/h3-11H,1-2H3. The molecule has 0 saturated heterocycles. The van der Waals surface area contributed by atoms with Gasteiger partial charge in [-0.2, -0.15) is 0 Å². The van der Waals surface area contributed by atoms with E-state index in [0.29, 0.717) is 0 Å². The van der Waals surface area contributed by atoms with Crippen molar-refractivity contribution >= 4 is 5.71 Å². The molecule has 0 aliphatic heterocycles. The van der Waals surface area contributed by atoms with Gasteiger partial charge in [0.1, 0.15) is 11.8 Å². The molecule has 0 heterocycles. The second kappa shape index (κ2) is 4.30. The van der Waals surface area contributed by atoms with Crippen LogP contribution >= 0.6 is 0 Å². The molecule has 0 saturated carbocycles. The lowest BCUT2D eigenvalue weighted by Crippen LogP contribution is -2.03. The smallest absolute Gasteiger partial charge is 0.122 e. The summed E-state index contributed by atoms with van der Waals surface area (Å²) in [5, 5.41) is 4.32. The Morgan fingerprint density at radius 1 is 0.778 bits per heavy atom. The van der Waals surface area contributed by atoms with Crippen LogP contribution in [0.1, 0.15) is 25.0 Å². The quantitative estimate of drug-likeness (QED) is 0.620. The molecule has 3 rings (SSSR count). The highest BCUT2D eigenvalue weighted by atomic mass is 16.6. The van der Waals surface area contributed by atoms with Gasteiger partial charge in [0.25, 0.3) is 0 Å². The van der Waals surface area contributed by atoms with Crippen LogP contribution in [0.2, 0.25) is 0 Å². The van der Waals surface area contributed by atoms with Crippen LogP contribution in [0.15, 0.2) is 53.7 Å². The van der Waals surface area contributed by atoms with Crippen LogP contribution in [0.25, 0.3) is 11.1 Å². The van der Waals surface area contributed by atoms with Gasteiger partial charge < -0.3 is 4.84 Å². The summed E-state index contributed by atoms with van der Waals surface area (Å²) < 4.78 is 0. The maximum Gasteiger partial charge on any atom is 0.122 e. The van der Waals surface area contributed by atoms with Gasteiger partial charge in [0, 0.05) is 11.1 Å². The van der Waals surface area contributed by atoms with Crippen LogP contribution in [0, 0.1) is 0 Å². The van der Waals surface area contributed by atoms with Crippen molar-refractivity contribution in [1.82, 2.24) is 0 Å². The topological polar surface area (TPSA) is 21.6 Å². The molecule has 0 radical (unpaired) electrons. The van der Waals surface area contributed by atoms with E-state index in [9.17, 15) is 0 Å². The summed E-state index contributed by atoms with van der Waals surface area (Å²) in [6, 6.07) is 16.6. The van der Waals surface area contributed by atoms with Crippen molar-refractivity contribution in [2.75, 3.05) is 0 Å². The molecule has 0 unspecified atom stereocenters. The van der Waals surface area contributed by atoms with Gasteiger partial charge >= 0.3 is 0 Å². The number of hydrogen-bond donors (Lipinski definition) is 0. The van der Waals surface area contributed by atoms with Gasteiger partial charge in [0.2, 0.25) is 0 Å². The van der Waals surface area contributed by atoms with E-state index >= 15 is 0 Å². The molecule has 2 aromatic carbocycles. The van der Waals surface area contributed by atoms with E-state index < -0.39 is 0 Å². The minimum absolute atomic E-state index is 0.0948. The Morgan fingerprint density at radius 2 is 1.22 bits per heavy atom.